The van der Waals surface area contributed by atoms with Crippen molar-refractivity contribution in [2.45, 2.75) is 13.8 Å². The highest BCUT2D eigenvalue weighted by Gasteiger charge is 2.07. The van der Waals surface area contributed by atoms with E-state index in [-0.39, 0.29) is 5.91 Å². The Morgan fingerprint density at radius 1 is 1.69 bits per heavy atom. The fourth-order valence-corrected chi connectivity index (χ4v) is 1.69. The Hall–Kier alpha value is -0.540. The molecule has 13 heavy (non-hydrogen) atoms. The van der Waals surface area contributed by atoms with Crippen LogP contribution in [0.1, 0.15) is 24.2 Å². The first kappa shape index (κ1) is 10.5. The molecule has 2 nitrogen and oxygen atoms in total. The van der Waals surface area contributed by atoms with Crippen LogP contribution in [0.5, 0.6) is 0 Å². The van der Waals surface area contributed by atoms with Crippen molar-refractivity contribution in [2.75, 3.05) is 6.54 Å². The van der Waals surface area contributed by atoms with Crippen LogP contribution in [0.25, 0.3) is 0 Å². The largest absolute Gasteiger partial charge is 0.352 e. The van der Waals surface area contributed by atoms with Crippen molar-refractivity contribution in [1.82, 2.24) is 5.32 Å². The molecule has 4 heteroatoms. The van der Waals surface area contributed by atoms with Gasteiger partial charge in [0.2, 0.25) is 0 Å². The summed E-state index contributed by atoms with van der Waals surface area (Å²) < 4.78 is 0.648. The van der Waals surface area contributed by atoms with E-state index in [0.717, 1.165) is 0 Å². The zero-order valence-corrected chi connectivity index (χ0v) is 9.21. The van der Waals surface area contributed by atoms with Crippen LogP contribution in [0.2, 0.25) is 4.34 Å². The molecule has 0 fully saturated rings. The van der Waals surface area contributed by atoms with Gasteiger partial charge in [0.15, 0.2) is 0 Å². The van der Waals surface area contributed by atoms with Crippen molar-refractivity contribution >= 4 is 28.8 Å². The minimum absolute atomic E-state index is 0.0446. The van der Waals surface area contributed by atoms with Crippen molar-refractivity contribution in [2.24, 2.45) is 5.92 Å². The summed E-state index contributed by atoms with van der Waals surface area (Å²) in [6, 6.07) is 1.68. The first-order chi connectivity index (χ1) is 6.09. The second kappa shape index (κ2) is 4.63. The molecule has 1 aromatic heterocycles. The second-order valence-electron chi connectivity index (χ2n) is 3.24. The number of hydrogen-bond acceptors (Lipinski definition) is 2. The number of rotatable bonds is 3. The van der Waals surface area contributed by atoms with Gasteiger partial charge >= 0.3 is 0 Å². The lowest BCUT2D eigenvalue weighted by Crippen LogP contribution is -2.26. The van der Waals surface area contributed by atoms with Gasteiger partial charge in [0.1, 0.15) is 0 Å². The van der Waals surface area contributed by atoms with Gasteiger partial charge in [-0.15, -0.1) is 11.3 Å². The molecule has 0 radical (unpaired) electrons. The third-order valence-corrected chi connectivity index (χ3v) is 2.59. The van der Waals surface area contributed by atoms with Crippen LogP contribution in [0.3, 0.4) is 0 Å². The van der Waals surface area contributed by atoms with E-state index in [4.69, 9.17) is 11.6 Å². The number of thiophene rings is 1. The predicted octanol–water partition coefficient (Wildman–Crippen LogP) is 2.79. The maximum atomic E-state index is 11.4. The van der Waals surface area contributed by atoms with Crippen LogP contribution in [0.15, 0.2) is 11.4 Å². The van der Waals surface area contributed by atoms with Crippen molar-refractivity contribution in [1.29, 1.82) is 0 Å². The number of hydrogen-bond donors (Lipinski definition) is 1. The van der Waals surface area contributed by atoms with Crippen LogP contribution in [0, 0.1) is 5.92 Å². The normalized spacial score (nSPS) is 10.5. The topological polar surface area (TPSA) is 29.1 Å². The van der Waals surface area contributed by atoms with Gasteiger partial charge < -0.3 is 5.32 Å². The molecular formula is C9H12ClNOS. The first-order valence-electron chi connectivity index (χ1n) is 4.12. The Bertz CT molecular complexity index is 296. The highest BCUT2D eigenvalue weighted by atomic mass is 35.5. The van der Waals surface area contributed by atoms with Gasteiger partial charge in [-0.3, -0.25) is 4.79 Å². The first-order valence-corrected chi connectivity index (χ1v) is 5.37. The SMILES string of the molecule is CC(C)CNC(=O)c1csc(Cl)c1. The Balaban J connectivity index is 2.49. The van der Waals surface area contributed by atoms with Crippen molar-refractivity contribution in [3.8, 4) is 0 Å². The smallest absolute Gasteiger partial charge is 0.252 e. The molecule has 0 atom stereocenters. The maximum Gasteiger partial charge on any atom is 0.252 e. The molecule has 0 saturated carbocycles. The number of carbonyl (C=O) groups excluding carboxylic acids is 1. The second-order valence-corrected chi connectivity index (χ2v) is 4.79. The summed E-state index contributed by atoms with van der Waals surface area (Å²) in [5.41, 5.74) is 0.649. The average Bonchev–Trinajstić information content (AvgIpc) is 2.47. The fourth-order valence-electron chi connectivity index (χ4n) is 0.828. The van der Waals surface area contributed by atoms with Crippen LogP contribution >= 0.6 is 22.9 Å². The lowest BCUT2D eigenvalue weighted by Gasteiger charge is -2.05. The summed E-state index contributed by atoms with van der Waals surface area (Å²) in [6.07, 6.45) is 0. The van der Waals surface area contributed by atoms with Gasteiger partial charge in [0, 0.05) is 11.9 Å². The molecule has 1 aromatic rings. The minimum atomic E-state index is -0.0446. The molecule has 0 aromatic carbocycles. The summed E-state index contributed by atoms with van der Waals surface area (Å²) in [4.78, 5) is 11.4. The molecule has 0 aliphatic carbocycles. The number of carbonyl (C=O) groups is 1. The van der Waals surface area contributed by atoms with Crippen molar-refractivity contribution < 1.29 is 4.79 Å². The number of halogens is 1. The lowest BCUT2D eigenvalue weighted by atomic mass is 10.2. The van der Waals surface area contributed by atoms with E-state index in [1.807, 2.05) is 0 Å². The van der Waals surface area contributed by atoms with Crippen LogP contribution in [-0.2, 0) is 0 Å². The van der Waals surface area contributed by atoms with Gasteiger partial charge in [-0.1, -0.05) is 25.4 Å². The third-order valence-electron chi connectivity index (χ3n) is 1.50. The Morgan fingerprint density at radius 3 is 2.85 bits per heavy atom. The molecule has 1 heterocycles. The minimum Gasteiger partial charge on any atom is -0.352 e. The summed E-state index contributed by atoms with van der Waals surface area (Å²) in [7, 11) is 0. The van der Waals surface area contributed by atoms with Gasteiger partial charge in [-0.25, -0.2) is 0 Å². The molecule has 0 unspecified atom stereocenters. The summed E-state index contributed by atoms with van der Waals surface area (Å²) >= 11 is 7.08. The van der Waals surface area contributed by atoms with E-state index in [0.29, 0.717) is 22.4 Å². The van der Waals surface area contributed by atoms with Crippen LogP contribution in [0.4, 0.5) is 0 Å². The van der Waals surface area contributed by atoms with Crippen molar-refractivity contribution in [3.05, 3.63) is 21.3 Å². The molecule has 1 N–H and O–H groups in total. The monoisotopic (exact) mass is 217 g/mol. The Kier molecular flexibility index (Phi) is 3.75. The fraction of sp³-hybridized carbons (Fsp3) is 0.444. The molecule has 1 rings (SSSR count). The summed E-state index contributed by atoms with van der Waals surface area (Å²) in [6.45, 7) is 4.81. The van der Waals surface area contributed by atoms with Crippen LogP contribution in [-0.4, -0.2) is 12.5 Å². The molecule has 0 aliphatic rings. The van der Waals surface area contributed by atoms with E-state index in [2.05, 4.69) is 19.2 Å². The van der Waals surface area contributed by atoms with Crippen LogP contribution < -0.4 is 5.32 Å². The average molecular weight is 218 g/mol. The molecule has 1 amide bonds. The molecule has 0 bridgehead atoms. The molecule has 0 spiro atoms. The molecule has 0 aliphatic heterocycles. The highest BCUT2D eigenvalue weighted by Crippen LogP contribution is 2.19. The number of nitrogens with one attached hydrogen (secondary N) is 1. The third kappa shape index (κ3) is 3.36. The highest BCUT2D eigenvalue weighted by molar-refractivity contribution is 7.14. The quantitative estimate of drug-likeness (QED) is 0.829. The molecule has 0 saturated heterocycles. The Labute approximate surface area is 86.9 Å². The Morgan fingerprint density at radius 2 is 2.38 bits per heavy atom. The van der Waals surface area contributed by atoms with Gasteiger partial charge in [0.25, 0.3) is 5.91 Å². The van der Waals surface area contributed by atoms with E-state index in [1.165, 1.54) is 11.3 Å². The van der Waals surface area contributed by atoms with E-state index in [9.17, 15) is 4.79 Å². The maximum absolute atomic E-state index is 11.4. The lowest BCUT2D eigenvalue weighted by molar-refractivity contribution is 0.0949. The van der Waals surface area contributed by atoms with E-state index >= 15 is 0 Å². The summed E-state index contributed by atoms with van der Waals surface area (Å²) in [5.74, 6) is 0.426. The summed E-state index contributed by atoms with van der Waals surface area (Å²) in [5, 5.41) is 4.58. The molecule has 72 valence electrons. The predicted molar refractivity (Wildman–Crippen MR) is 56.5 cm³/mol. The van der Waals surface area contributed by atoms with Gasteiger partial charge in [-0.2, -0.15) is 0 Å². The molecular weight excluding hydrogens is 206 g/mol. The van der Waals surface area contributed by atoms with Gasteiger partial charge in [-0.05, 0) is 12.0 Å². The van der Waals surface area contributed by atoms with E-state index < -0.39 is 0 Å². The zero-order valence-electron chi connectivity index (χ0n) is 7.63. The van der Waals surface area contributed by atoms with Crippen molar-refractivity contribution in [3.63, 3.8) is 0 Å². The van der Waals surface area contributed by atoms with E-state index in [1.54, 1.807) is 11.4 Å². The standard InChI is InChI=1S/C9H12ClNOS/c1-6(2)4-11-9(12)7-3-8(10)13-5-7/h3,5-6H,4H2,1-2H3,(H,11,12). The number of amides is 1. The zero-order chi connectivity index (χ0) is 9.84. The van der Waals surface area contributed by atoms with Gasteiger partial charge in [0.05, 0.1) is 9.90 Å².